The van der Waals surface area contributed by atoms with Gasteiger partial charge in [0.2, 0.25) is 5.91 Å². The van der Waals surface area contributed by atoms with Crippen molar-refractivity contribution < 1.29 is 19.3 Å². The second-order valence-corrected chi connectivity index (χ2v) is 7.98. The molecule has 164 valence electrons. The van der Waals surface area contributed by atoms with Crippen LogP contribution in [0.4, 0.5) is 10.5 Å². The standard InChI is InChI=1S/C21H25N5O5/c1-3-24-16-12-25(13(2)19(27)23-9-4-5-10-23)20(28)17(16)18(22-21(24)29)14-7-6-8-15(11-14)26(30)31/h6-8,11,13,18H,3-5,9-10,12H2,1-2H3,(H,22,29). The van der Waals surface area contributed by atoms with Crippen LogP contribution in [0.15, 0.2) is 35.5 Å². The first-order valence-corrected chi connectivity index (χ1v) is 10.5. The molecule has 2 atom stereocenters. The van der Waals surface area contributed by atoms with Crippen molar-refractivity contribution in [2.75, 3.05) is 26.2 Å². The molecule has 2 unspecified atom stereocenters. The molecule has 1 aromatic carbocycles. The van der Waals surface area contributed by atoms with Crippen molar-refractivity contribution >= 4 is 23.5 Å². The number of carbonyl (C=O) groups excluding carboxylic acids is 3. The van der Waals surface area contributed by atoms with Crippen molar-refractivity contribution in [2.24, 2.45) is 0 Å². The summed E-state index contributed by atoms with van der Waals surface area (Å²) in [6.07, 6.45) is 1.91. The largest absolute Gasteiger partial charge is 0.341 e. The number of rotatable bonds is 5. The number of likely N-dealkylation sites (tertiary alicyclic amines) is 1. The lowest BCUT2D eigenvalue weighted by Gasteiger charge is -2.32. The number of nitrogens with zero attached hydrogens (tertiary/aromatic N) is 4. The molecule has 3 heterocycles. The number of non-ortho nitro benzene ring substituents is 1. The Morgan fingerprint density at radius 3 is 2.65 bits per heavy atom. The van der Waals surface area contributed by atoms with E-state index in [-0.39, 0.29) is 30.1 Å². The van der Waals surface area contributed by atoms with Crippen molar-refractivity contribution in [3.8, 4) is 0 Å². The number of likely N-dealkylation sites (N-methyl/N-ethyl adjacent to an activating group) is 1. The van der Waals surface area contributed by atoms with Gasteiger partial charge >= 0.3 is 6.03 Å². The summed E-state index contributed by atoms with van der Waals surface area (Å²) in [6.45, 7) is 5.42. The summed E-state index contributed by atoms with van der Waals surface area (Å²) in [7, 11) is 0. The van der Waals surface area contributed by atoms with Crippen LogP contribution in [0.3, 0.4) is 0 Å². The fourth-order valence-corrected chi connectivity index (χ4v) is 4.56. The number of nitro groups is 1. The van der Waals surface area contributed by atoms with Crippen LogP contribution >= 0.6 is 0 Å². The van der Waals surface area contributed by atoms with Crippen LogP contribution in [0.2, 0.25) is 0 Å². The van der Waals surface area contributed by atoms with Crippen LogP contribution in [-0.4, -0.2) is 69.7 Å². The lowest BCUT2D eigenvalue weighted by molar-refractivity contribution is -0.384. The van der Waals surface area contributed by atoms with E-state index in [0.717, 1.165) is 12.8 Å². The fraction of sp³-hybridized carbons (Fsp3) is 0.476. The van der Waals surface area contributed by atoms with Gasteiger partial charge in [-0.05, 0) is 32.3 Å². The molecule has 3 aliphatic heterocycles. The molecular weight excluding hydrogens is 402 g/mol. The number of hydrogen-bond acceptors (Lipinski definition) is 5. The summed E-state index contributed by atoms with van der Waals surface area (Å²) in [4.78, 5) is 54.6. The number of nitrogens with one attached hydrogen (secondary N) is 1. The van der Waals surface area contributed by atoms with E-state index >= 15 is 0 Å². The third-order valence-electron chi connectivity index (χ3n) is 6.22. The van der Waals surface area contributed by atoms with Crippen LogP contribution in [0, 0.1) is 10.1 Å². The van der Waals surface area contributed by atoms with Gasteiger partial charge in [0.15, 0.2) is 0 Å². The van der Waals surface area contributed by atoms with E-state index in [9.17, 15) is 24.5 Å². The fourth-order valence-electron chi connectivity index (χ4n) is 4.56. The minimum atomic E-state index is -0.809. The van der Waals surface area contributed by atoms with Crippen molar-refractivity contribution in [1.82, 2.24) is 20.0 Å². The van der Waals surface area contributed by atoms with Crippen molar-refractivity contribution in [1.29, 1.82) is 0 Å². The molecule has 0 aliphatic carbocycles. The lowest BCUT2D eigenvalue weighted by Crippen LogP contribution is -2.47. The van der Waals surface area contributed by atoms with E-state index in [1.54, 1.807) is 17.9 Å². The van der Waals surface area contributed by atoms with Gasteiger partial charge in [0, 0.05) is 31.8 Å². The molecule has 1 fully saturated rings. The molecule has 4 rings (SSSR count). The second kappa shape index (κ2) is 8.01. The summed E-state index contributed by atoms with van der Waals surface area (Å²) in [5.41, 5.74) is 1.25. The van der Waals surface area contributed by atoms with Gasteiger partial charge in [-0.2, -0.15) is 0 Å². The molecule has 0 saturated carbocycles. The molecule has 1 aromatic rings. The Morgan fingerprint density at radius 2 is 2.00 bits per heavy atom. The number of urea groups is 1. The Morgan fingerprint density at radius 1 is 1.29 bits per heavy atom. The molecule has 0 radical (unpaired) electrons. The average molecular weight is 427 g/mol. The van der Waals surface area contributed by atoms with Crippen LogP contribution in [-0.2, 0) is 9.59 Å². The molecule has 1 saturated heterocycles. The maximum absolute atomic E-state index is 13.5. The minimum Gasteiger partial charge on any atom is -0.341 e. The van der Waals surface area contributed by atoms with Gasteiger partial charge in [0.25, 0.3) is 11.6 Å². The quantitative estimate of drug-likeness (QED) is 0.568. The minimum absolute atomic E-state index is 0.0973. The van der Waals surface area contributed by atoms with Gasteiger partial charge in [-0.1, -0.05) is 12.1 Å². The van der Waals surface area contributed by atoms with Gasteiger partial charge in [-0.15, -0.1) is 0 Å². The lowest BCUT2D eigenvalue weighted by atomic mass is 9.95. The SMILES string of the molecule is CCN1C(=O)NC(c2cccc([N+](=O)[O-])c2)C2=C1CN(C(C)C(=O)N1CCCC1)C2=O. The summed E-state index contributed by atoms with van der Waals surface area (Å²) in [6, 6.07) is 4.08. The first-order chi connectivity index (χ1) is 14.8. The molecule has 10 heteroatoms. The Kier molecular flexibility index (Phi) is 5.38. The van der Waals surface area contributed by atoms with E-state index in [2.05, 4.69) is 5.32 Å². The van der Waals surface area contributed by atoms with Gasteiger partial charge in [-0.25, -0.2) is 4.79 Å². The van der Waals surface area contributed by atoms with Crippen LogP contribution in [0.1, 0.15) is 38.3 Å². The van der Waals surface area contributed by atoms with Crippen LogP contribution < -0.4 is 5.32 Å². The summed E-state index contributed by atoms with van der Waals surface area (Å²) in [5.74, 6) is -0.426. The van der Waals surface area contributed by atoms with E-state index < -0.39 is 17.0 Å². The molecule has 4 amide bonds. The van der Waals surface area contributed by atoms with Gasteiger partial charge in [-0.3, -0.25) is 24.6 Å². The van der Waals surface area contributed by atoms with E-state index in [0.29, 0.717) is 36.5 Å². The molecule has 0 spiro atoms. The predicted octanol–water partition coefficient (Wildman–Crippen LogP) is 1.79. The summed E-state index contributed by atoms with van der Waals surface area (Å²) in [5, 5.41) is 14.0. The number of hydrogen-bond donors (Lipinski definition) is 1. The molecule has 10 nitrogen and oxygen atoms in total. The Bertz CT molecular complexity index is 984. The highest BCUT2D eigenvalue weighted by atomic mass is 16.6. The number of benzene rings is 1. The first-order valence-electron chi connectivity index (χ1n) is 10.5. The second-order valence-electron chi connectivity index (χ2n) is 7.98. The topological polar surface area (TPSA) is 116 Å². The van der Waals surface area contributed by atoms with E-state index in [1.165, 1.54) is 28.0 Å². The number of carbonyl (C=O) groups is 3. The Balaban J connectivity index is 1.69. The van der Waals surface area contributed by atoms with Gasteiger partial charge in [0.05, 0.1) is 28.8 Å². The molecular formula is C21H25N5O5. The summed E-state index contributed by atoms with van der Waals surface area (Å²) < 4.78 is 0. The van der Waals surface area contributed by atoms with Crippen molar-refractivity contribution in [2.45, 2.75) is 38.8 Å². The third kappa shape index (κ3) is 3.51. The van der Waals surface area contributed by atoms with E-state index in [4.69, 9.17) is 0 Å². The highest BCUT2D eigenvalue weighted by Crippen LogP contribution is 2.37. The zero-order valence-corrected chi connectivity index (χ0v) is 17.5. The van der Waals surface area contributed by atoms with Gasteiger partial charge in [0.1, 0.15) is 6.04 Å². The predicted molar refractivity (Wildman–Crippen MR) is 111 cm³/mol. The molecule has 0 aromatic heterocycles. The van der Waals surface area contributed by atoms with Crippen LogP contribution in [0.25, 0.3) is 0 Å². The highest BCUT2D eigenvalue weighted by molar-refractivity contribution is 6.03. The normalized spacial score (nSPS) is 22.0. The molecule has 1 N–H and O–H groups in total. The van der Waals surface area contributed by atoms with Crippen LogP contribution in [0.5, 0.6) is 0 Å². The first kappa shape index (κ1) is 20.8. The molecule has 31 heavy (non-hydrogen) atoms. The van der Waals surface area contributed by atoms with E-state index in [1.807, 2.05) is 6.92 Å². The van der Waals surface area contributed by atoms with Crippen molar-refractivity contribution in [3.63, 3.8) is 0 Å². The summed E-state index contributed by atoms with van der Waals surface area (Å²) >= 11 is 0. The Hall–Kier alpha value is -3.43. The molecule has 3 aliphatic rings. The molecule has 0 bridgehead atoms. The zero-order chi connectivity index (χ0) is 22.3. The van der Waals surface area contributed by atoms with Gasteiger partial charge < -0.3 is 15.1 Å². The maximum Gasteiger partial charge on any atom is 0.322 e. The van der Waals surface area contributed by atoms with Crippen molar-refractivity contribution in [3.05, 3.63) is 51.2 Å². The third-order valence-corrected chi connectivity index (χ3v) is 6.22. The number of nitro benzene ring substituents is 1. The average Bonchev–Trinajstić information content (AvgIpc) is 3.41. The number of amides is 4. The Labute approximate surface area is 179 Å². The highest BCUT2D eigenvalue weighted by Gasteiger charge is 2.46. The zero-order valence-electron chi connectivity index (χ0n) is 17.5. The monoisotopic (exact) mass is 427 g/mol. The maximum atomic E-state index is 13.5. The smallest absolute Gasteiger partial charge is 0.322 e.